The molecule has 0 fully saturated rings. The summed E-state index contributed by atoms with van der Waals surface area (Å²) in [5.74, 6) is 0. The third-order valence-electron chi connectivity index (χ3n) is 4.63. The van der Waals surface area contributed by atoms with E-state index in [0.717, 1.165) is 0 Å². The standard InChI is InChI=1S/C21H44N2O6Si/c1-19(2,3)27-17(25)22-13-16(29-30(10,11)21(7,8)9)12-15(14-24)23-18(26)28-20(4,5)6/h15-16,24H,12-14H2,1-11H3,(H,22,25)(H,23,26)/t15-,16+/m1/s1. The van der Waals surface area contributed by atoms with E-state index >= 15 is 0 Å². The predicted molar refractivity (Wildman–Crippen MR) is 121 cm³/mol. The number of carbonyl (C=O) groups excluding carboxylic acids is 2. The Balaban J connectivity index is 5.25. The van der Waals surface area contributed by atoms with Gasteiger partial charge < -0.3 is 29.6 Å². The molecule has 0 aliphatic rings. The van der Waals surface area contributed by atoms with Crippen LogP contribution in [0.5, 0.6) is 0 Å². The summed E-state index contributed by atoms with van der Waals surface area (Å²) in [4.78, 5) is 24.2. The molecule has 0 spiro atoms. The summed E-state index contributed by atoms with van der Waals surface area (Å²) in [6.07, 6.45) is -1.23. The summed E-state index contributed by atoms with van der Waals surface area (Å²) < 4.78 is 17.0. The molecule has 0 saturated carbocycles. The van der Waals surface area contributed by atoms with Gasteiger partial charge in [-0.05, 0) is 66.1 Å². The maximum atomic E-state index is 12.1. The van der Waals surface area contributed by atoms with Crippen LogP contribution in [0, 0.1) is 0 Å². The summed E-state index contributed by atoms with van der Waals surface area (Å²) in [7, 11) is -2.16. The molecular formula is C21H44N2O6Si. The zero-order valence-corrected chi connectivity index (χ0v) is 21.8. The molecule has 0 aromatic heterocycles. The van der Waals surface area contributed by atoms with Crippen LogP contribution in [-0.2, 0) is 13.9 Å². The molecule has 0 unspecified atom stereocenters. The maximum absolute atomic E-state index is 12.1. The van der Waals surface area contributed by atoms with Gasteiger partial charge in [0, 0.05) is 6.54 Å². The second kappa shape index (κ2) is 10.8. The third kappa shape index (κ3) is 12.4. The van der Waals surface area contributed by atoms with Crippen LogP contribution in [0.25, 0.3) is 0 Å². The second-order valence-corrected chi connectivity index (χ2v) is 15.9. The Labute approximate surface area is 183 Å². The van der Waals surface area contributed by atoms with Crippen molar-refractivity contribution in [3.63, 3.8) is 0 Å². The topological polar surface area (TPSA) is 106 Å². The predicted octanol–water partition coefficient (Wildman–Crippen LogP) is 4.18. The lowest BCUT2D eigenvalue weighted by Gasteiger charge is -2.40. The highest BCUT2D eigenvalue weighted by Gasteiger charge is 2.39. The van der Waals surface area contributed by atoms with Crippen LogP contribution in [0.15, 0.2) is 0 Å². The Morgan fingerprint density at radius 2 is 1.37 bits per heavy atom. The largest absolute Gasteiger partial charge is 0.444 e. The molecule has 9 heteroatoms. The van der Waals surface area contributed by atoms with Gasteiger partial charge in [-0.3, -0.25) is 0 Å². The zero-order valence-electron chi connectivity index (χ0n) is 20.8. The molecule has 0 heterocycles. The van der Waals surface area contributed by atoms with Gasteiger partial charge in [0.15, 0.2) is 8.32 Å². The molecule has 2 atom stereocenters. The quantitative estimate of drug-likeness (QED) is 0.481. The Morgan fingerprint density at radius 1 is 0.900 bits per heavy atom. The van der Waals surface area contributed by atoms with E-state index in [2.05, 4.69) is 44.5 Å². The fraction of sp³-hybridized carbons (Fsp3) is 0.905. The Morgan fingerprint density at radius 3 is 1.77 bits per heavy atom. The zero-order chi connectivity index (χ0) is 24.0. The van der Waals surface area contributed by atoms with E-state index < -0.39 is 43.9 Å². The van der Waals surface area contributed by atoms with E-state index in [0.29, 0.717) is 6.42 Å². The van der Waals surface area contributed by atoms with Crippen molar-refractivity contribution in [1.29, 1.82) is 0 Å². The van der Waals surface area contributed by atoms with Crippen LogP contribution in [0.1, 0.15) is 68.7 Å². The molecule has 0 aliphatic heterocycles. The van der Waals surface area contributed by atoms with Gasteiger partial charge in [0.05, 0.1) is 18.8 Å². The van der Waals surface area contributed by atoms with Gasteiger partial charge >= 0.3 is 12.2 Å². The average Bonchev–Trinajstić information content (AvgIpc) is 2.46. The van der Waals surface area contributed by atoms with Gasteiger partial charge in [-0.1, -0.05) is 20.8 Å². The highest BCUT2D eigenvalue weighted by atomic mass is 28.4. The van der Waals surface area contributed by atoms with Crippen molar-refractivity contribution in [2.45, 2.75) is 110 Å². The van der Waals surface area contributed by atoms with Gasteiger partial charge in [0.1, 0.15) is 11.2 Å². The second-order valence-electron chi connectivity index (χ2n) is 11.1. The number of carbonyl (C=O) groups is 2. The maximum Gasteiger partial charge on any atom is 0.407 e. The monoisotopic (exact) mass is 448 g/mol. The first-order valence-electron chi connectivity index (χ1n) is 10.5. The normalized spacial score (nSPS) is 15.2. The molecular weight excluding hydrogens is 404 g/mol. The summed E-state index contributed by atoms with van der Waals surface area (Å²) in [6.45, 7) is 21.2. The molecule has 0 aliphatic carbocycles. The minimum atomic E-state index is -2.16. The van der Waals surface area contributed by atoms with Gasteiger partial charge in [0.2, 0.25) is 0 Å². The van der Waals surface area contributed by atoms with Gasteiger partial charge in [0.25, 0.3) is 0 Å². The molecule has 3 N–H and O–H groups in total. The summed E-state index contributed by atoms with van der Waals surface area (Å²) >= 11 is 0. The Bertz CT molecular complexity index is 561. The van der Waals surface area contributed by atoms with Crippen molar-refractivity contribution < 1.29 is 28.6 Å². The van der Waals surface area contributed by atoms with Crippen LogP contribution in [0.2, 0.25) is 18.1 Å². The number of amides is 2. The van der Waals surface area contributed by atoms with E-state index in [1.807, 2.05) is 0 Å². The first-order valence-corrected chi connectivity index (χ1v) is 13.4. The fourth-order valence-corrected chi connectivity index (χ4v) is 3.62. The molecule has 0 saturated heterocycles. The lowest BCUT2D eigenvalue weighted by Crippen LogP contribution is -2.50. The number of alkyl carbamates (subject to hydrolysis) is 2. The SMILES string of the molecule is CC(C)(C)OC(=O)NC[C@H](C[C@H](CO)NC(=O)OC(C)(C)C)O[Si](C)(C)C(C)(C)C. The number of rotatable bonds is 8. The van der Waals surface area contributed by atoms with Crippen LogP contribution >= 0.6 is 0 Å². The Kier molecular flexibility index (Phi) is 10.3. The lowest BCUT2D eigenvalue weighted by atomic mass is 10.1. The number of hydrogen-bond donors (Lipinski definition) is 3. The highest BCUT2D eigenvalue weighted by molar-refractivity contribution is 6.74. The number of aliphatic hydroxyl groups excluding tert-OH is 1. The van der Waals surface area contributed by atoms with Crippen molar-refractivity contribution in [3.05, 3.63) is 0 Å². The summed E-state index contributed by atoms with van der Waals surface area (Å²) in [6, 6.07) is -0.574. The minimum Gasteiger partial charge on any atom is -0.444 e. The molecule has 0 radical (unpaired) electrons. The number of ether oxygens (including phenoxy) is 2. The molecule has 30 heavy (non-hydrogen) atoms. The minimum absolute atomic E-state index is 0.0372. The number of hydrogen-bond acceptors (Lipinski definition) is 6. The molecule has 0 aromatic carbocycles. The molecule has 0 aromatic rings. The van der Waals surface area contributed by atoms with Crippen molar-refractivity contribution in [1.82, 2.24) is 10.6 Å². The molecule has 2 amide bonds. The summed E-state index contributed by atoms with van der Waals surface area (Å²) in [5, 5.41) is 15.2. The van der Waals surface area contributed by atoms with Crippen LogP contribution < -0.4 is 10.6 Å². The Hall–Kier alpha value is -1.32. The molecule has 178 valence electrons. The van der Waals surface area contributed by atoms with Gasteiger partial charge in [-0.25, -0.2) is 9.59 Å². The smallest absolute Gasteiger partial charge is 0.407 e. The van der Waals surface area contributed by atoms with Crippen molar-refractivity contribution in [2.24, 2.45) is 0 Å². The van der Waals surface area contributed by atoms with E-state index in [-0.39, 0.29) is 18.2 Å². The molecule has 0 bridgehead atoms. The number of aliphatic hydroxyl groups is 1. The average molecular weight is 449 g/mol. The van der Waals surface area contributed by atoms with Crippen molar-refractivity contribution in [3.8, 4) is 0 Å². The fourth-order valence-electron chi connectivity index (χ4n) is 2.25. The van der Waals surface area contributed by atoms with Crippen LogP contribution in [0.3, 0.4) is 0 Å². The van der Waals surface area contributed by atoms with Crippen LogP contribution in [0.4, 0.5) is 9.59 Å². The number of nitrogens with one attached hydrogen (secondary N) is 2. The third-order valence-corrected chi connectivity index (χ3v) is 9.16. The van der Waals surface area contributed by atoms with E-state index in [1.54, 1.807) is 41.5 Å². The van der Waals surface area contributed by atoms with Crippen molar-refractivity contribution in [2.75, 3.05) is 13.2 Å². The van der Waals surface area contributed by atoms with E-state index in [1.165, 1.54) is 0 Å². The lowest BCUT2D eigenvalue weighted by molar-refractivity contribution is 0.0420. The van der Waals surface area contributed by atoms with Crippen LogP contribution in [-0.4, -0.2) is 62.1 Å². The van der Waals surface area contributed by atoms with E-state index in [4.69, 9.17) is 13.9 Å². The van der Waals surface area contributed by atoms with E-state index in [9.17, 15) is 14.7 Å². The first kappa shape index (κ1) is 28.7. The van der Waals surface area contributed by atoms with Gasteiger partial charge in [-0.2, -0.15) is 0 Å². The van der Waals surface area contributed by atoms with Crippen molar-refractivity contribution >= 4 is 20.5 Å². The van der Waals surface area contributed by atoms with Gasteiger partial charge in [-0.15, -0.1) is 0 Å². The first-order chi connectivity index (χ1) is 13.3. The molecule has 8 nitrogen and oxygen atoms in total. The molecule has 0 rings (SSSR count). The summed E-state index contributed by atoms with van der Waals surface area (Å²) in [5.41, 5.74) is -1.24. The highest BCUT2D eigenvalue weighted by Crippen LogP contribution is 2.37.